The molecule has 0 aliphatic heterocycles. The lowest BCUT2D eigenvalue weighted by Crippen LogP contribution is -2.43. The minimum absolute atomic E-state index is 0.556. The lowest BCUT2D eigenvalue weighted by Gasteiger charge is -2.41. The van der Waals surface area contributed by atoms with Crippen molar-refractivity contribution in [3.8, 4) is 0 Å². The lowest BCUT2D eigenvalue weighted by atomic mass is 9.81. The van der Waals surface area contributed by atoms with E-state index in [1.807, 2.05) is 30.4 Å². The van der Waals surface area contributed by atoms with E-state index in [2.05, 4.69) is 62.2 Å². The molecule has 5 nitrogen and oxygen atoms in total. The third-order valence-electron chi connectivity index (χ3n) is 5.54. The monoisotopic (exact) mass is 375 g/mol. The number of benzene rings is 1. The summed E-state index contributed by atoms with van der Waals surface area (Å²) in [6, 6.07) is 11.2. The van der Waals surface area contributed by atoms with Crippen LogP contribution in [0.4, 0.5) is 5.82 Å². The maximum absolute atomic E-state index is 4.52. The van der Waals surface area contributed by atoms with Crippen LogP contribution in [0.1, 0.15) is 12.8 Å². The number of nitrogens with zero attached hydrogens (tertiary/aromatic N) is 4. The zero-order chi connectivity index (χ0) is 18.2. The summed E-state index contributed by atoms with van der Waals surface area (Å²) in [4.78, 5) is 19.9. The van der Waals surface area contributed by atoms with Crippen molar-refractivity contribution in [3.05, 3.63) is 55.2 Å². The van der Waals surface area contributed by atoms with Crippen molar-refractivity contribution in [2.75, 3.05) is 17.7 Å². The molecule has 5 rings (SSSR count). The zero-order valence-electron chi connectivity index (χ0n) is 15.2. The SMILES string of the molecule is CN(c1ncnc2[nH]ccc12)C1CC(CSc2cccc3cnccc23)C1. The van der Waals surface area contributed by atoms with Gasteiger partial charge in [0.2, 0.25) is 0 Å². The van der Waals surface area contributed by atoms with E-state index in [1.165, 1.54) is 28.5 Å². The minimum Gasteiger partial charge on any atom is -0.356 e. The van der Waals surface area contributed by atoms with Crippen LogP contribution in [-0.2, 0) is 0 Å². The fraction of sp³-hybridized carbons (Fsp3) is 0.286. The van der Waals surface area contributed by atoms with Gasteiger partial charge in [-0.2, -0.15) is 0 Å². The molecule has 1 aromatic carbocycles. The van der Waals surface area contributed by atoms with E-state index >= 15 is 0 Å². The molecular weight excluding hydrogens is 354 g/mol. The highest BCUT2D eigenvalue weighted by Crippen LogP contribution is 2.39. The van der Waals surface area contributed by atoms with E-state index in [1.54, 1.807) is 6.33 Å². The van der Waals surface area contributed by atoms with Crippen LogP contribution in [0, 0.1) is 5.92 Å². The van der Waals surface area contributed by atoms with Crippen molar-refractivity contribution in [2.45, 2.75) is 23.8 Å². The van der Waals surface area contributed by atoms with E-state index in [0.717, 1.165) is 28.5 Å². The molecule has 136 valence electrons. The first-order valence-corrected chi connectivity index (χ1v) is 10.2. The summed E-state index contributed by atoms with van der Waals surface area (Å²) in [5.41, 5.74) is 0.906. The van der Waals surface area contributed by atoms with Crippen LogP contribution >= 0.6 is 11.8 Å². The van der Waals surface area contributed by atoms with Crippen LogP contribution in [0.25, 0.3) is 21.8 Å². The Kier molecular flexibility index (Phi) is 4.20. The Hall–Kier alpha value is -2.60. The fourth-order valence-corrected chi connectivity index (χ4v) is 5.10. The van der Waals surface area contributed by atoms with Gasteiger partial charge in [-0.15, -0.1) is 11.8 Å². The lowest BCUT2D eigenvalue weighted by molar-refractivity contribution is 0.286. The third kappa shape index (κ3) is 3.04. The molecule has 1 N–H and O–H groups in total. The number of fused-ring (bicyclic) bond motifs is 2. The highest BCUT2D eigenvalue weighted by molar-refractivity contribution is 7.99. The smallest absolute Gasteiger partial charge is 0.142 e. The average molecular weight is 376 g/mol. The zero-order valence-corrected chi connectivity index (χ0v) is 16.0. The molecular formula is C21H21N5S. The standard InChI is InChI=1S/C21H21N5S/c1-26(21-18-6-8-23-20(18)24-13-25-21)16-9-14(10-16)12-27-19-4-2-3-15-11-22-7-5-17(15)19/h2-8,11,13-14,16H,9-10,12H2,1H3,(H,23,24,25). The number of aromatic nitrogens is 4. The summed E-state index contributed by atoms with van der Waals surface area (Å²) in [5.74, 6) is 2.94. The second-order valence-electron chi connectivity index (χ2n) is 7.20. The van der Waals surface area contributed by atoms with Gasteiger partial charge < -0.3 is 9.88 Å². The molecule has 0 saturated heterocycles. The number of aromatic amines is 1. The topological polar surface area (TPSA) is 57.7 Å². The van der Waals surface area contributed by atoms with Gasteiger partial charge in [0.15, 0.2) is 0 Å². The Balaban J connectivity index is 1.23. The molecule has 3 heterocycles. The number of pyridine rings is 1. The van der Waals surface area contributed by atoms with Gasteiger partial charge in [-0.25, -0.2) is 9.97 Å². The molecule has 4 aromatic rings. The summed E-state index contributed by atoms with van der Waals surface area (Å²) < 4.78 is 0. The molecule has 27 heavy (non-hydrogen) atoms. The molecule has 0 bridgehead atoms. The Bertz CT molecular complexity index is 1080. The largest absolute Gasteiger partial charge is 0.356 e. The van der Waals surface area contributed by atoms with Crippen molar-refractivity contribution in [3.63, 3.8) is 0 Å². The van der Waals surface area contributed by atoms with Crippen molar-refractivity contribution in [1.82, 2.24) is 19.9 Å². The van der Waals surface area contributed by atoms with Gasteiger partial charge >= 0.3 is 0 Å². The van der Waals surface area contributed by atoms with Gasteiger partial charge in [0.25, 0.3) is 0 Å². The number of hydrogen-bond donors (Lipinski definition) is 1. The van der Waals surface area contributed by atoms with E-state index in [0.29, 0.717) is 6.04 Å². The van der Waals surface area contributed by atoms with Crippen LogP contribution in [-0.4, -0.2) is 38.8 Å². The second kappa shape index (κ2) is 6.85. The quantitative estimate of drug-likeness (QED) is 0.520. The summed E-state index contributed by atoms with van der Waals surface area (Å²) in [7, 11) is 2.15. The number of anilines is 1. The molecule has 0 atom stereocenters. The first-order chi connectivity index (χ1) is 13.3. The van der Waals surface area contributed by atoms with Gasteiger partial charge in [-0.3, -0.25) is 4.98 Å². The van der Waals surface area contributed by atoms with Crippen molar-refractivity contribution >= 4 is 39.4 Å². The van der Waals surface area contributed by atoms with Gasteiger partial charge in [0.1, 0.15) is 17.8 Å². The number of nitrogens with one attached hydrogen (secondary N) is 1. The fourth-order valence-electron chi connectivity index (χ4n) is 3.89. The van der Waals surface area contributed by atoms with Gasteiger partial charge in [-0.05, 0) is 42.3 Å². The van der Waals surface area contributed by atoms with Crippen molar-refractivity contribution in [2.24, 2.45) is 5.92 Å². The first kappa shape index (κ1) is 16.6. The third-order valence-corrected chi connectivity index (χ3v) is 6.85. The number of thioether (sulfide) groups is 1. The molecule has 0 unspecified atom stereocenters. The van der Waals surface area contributed by atoms with Crippen molar-refractivity contribution in [1.29, 1.82) is 0 Å². The predicted octanol–water partition coefficient (Wildman–Crippen LogP) is 4.51. The summed E-state index contributed by atoms with van der Waals surface area (Å²) in [6.07, 6.45) is 9.82. The molecule has 1 fully saturated rings. The summed E-state index contributed by atoms with van der Waals surface area (Å²) in [5, 5.41) is 3.62. The number of hydrogen-bond acceptors (Lipinski definition) is 5. The molecule has 1 saturated carbocycles. The molecule has 0 radical (unpaired) electrons. The van der Waals surface area contributed by atoms with E-state index < -0.39 is 0 Å². The first-order valence-electron chi connectivity index (χ1n) is 9.26. The van der Waals surface area contributed by atoms with Crippen LogP contribution in [0.15, 0.2) is 60.1 Å². The molecule has 0 spiro atoms. The Morgan fingerprint density at radius 3 is 3.00 bits per heavy atom. The Morgan fingerprint density at radius 1 is 1.15 bits per heavy atom. The van der Waals surface area contributed by atoms with Gasteiger partial charge in [0, 0.05) is 47.7 Å². The second-order valence-corrected chi connectivity index (χ2v) is 8.27. The maximum Gasteiger partial charge on any atom is 0.142 e. The van der Waals surface area contributed by atoms with Crippen LogP contribution in [0.2, 0.25) is 0 Å². The molecule has 1 aliphatic carbocycles. The average Bonchev–Trinajstić information content (AvgIpc) is 3.15. The van der Waals surface area contributed by atoms with Crippen LogP contribution in [0.5, 0.6) is 0 Å². The predicted molar refractivity (Wildman–Crippen MR) is 111 cm³/mol. The molecule has 0 amide bonds. The normalized spacial score (nSPS) is 19.3. The maximum atomic E-state index is 4.52. The van der Waals surface area contributed by atoms with Crippen LogP contribution < -0.4 is 4.90 Å². The molecule has 3 aromatic heterocycles. The van der Waals surface area contributed by atoms with E-state index in [4.69, 9.17) is 0 Å². The highest BCUT2D eigenvalue weighted by Gasteiger charge is 2.33. The summed E-state index contributed by atoms with van der Waals surface area (Å²) in [6.45, 7) is 0. The minimum atomic E-state index is 0.556. The van der Waals surface area contributed by atoms with E-state index in [-0.39, 0.29) is 0 Å². The number of rotatable bonds is 5. The summed E-state index contributed by atoms with van der Waals surface area (Å²) >= 11 is 1.97. The van der Waals surface area contributed by atoms with Gasteiger partial charge in [-0.1, -0.05) is 12.1 Å². The highest BCUT2D eigenvalue weighted by atomic mass is 32.2. The Labute approximate surface area is 162 Å². The van der Waals surface area contributed by atoms with Gasteiger partial charge in [0.05, 0.1) is 5.39 Å². The van der Waals surface area contributed by atoms with E-state index in [9.17, 15) is 0 Å². The van der Waals surface area contributed by atoms with Crippen LogP contribution in [0.3, 0.4) is 0 Å². The molecule has 1 aliphatic rings. The Morgan fingerprint density at radius 2 is 2.07 bits per heavy atom. The van der Waals surface area contributed by atoms with Crippen molar-refractivity contribution < 1.29 is 0 Å². The molecule has 6 heteroatoms. The number of H-pyrrole nitrogens is 1.